The van der Waals surface area contributed by atoms with E-state index in [0.717, 1.165) is 5.69 Å². The first kappa shape index (κ1) is 18.7. The number of rotatable bonds is 4. The van der Waals surface area contributed by atoms with Crippen molar-refractivity contribution in [3.05, 3.63) is 45.4 Å². The molecule has 1 unspecified atom stereocenters. The molecule has 1 aromatic heterocycles. The van der Waals surface area contributed by atoms with Gasteiger partial charge in [0.05, 0.1) is 0 Å². The summed E-state index contributed by atoms with van der Waals surface area (Å²) in [5.74, 6) is -0.498. The number of halogens is 2. The summed E-state index contributed by atoms with van der Waals surface area (Å²) >= 11 is 7.29. The van der Waals surface area contributed by atoms with Crippen LogP contribution in [0.1, 0.15) is 21.9 Å². The molecule has 0 aliphatic carbocycles. The standard InChI is InChI=1S/C15H15ClN4O2S.ClH/c16-9-2-1-3-10(6-9)20-5-4-11(15(20)22)19-14(21)12-8-23-13(7-17)18-12;/h1-3,6,8,11H,4-5,7,17H2,(H,19,21);1H. The first-order valence-corrected chi connectivity index (χ1v) is 8.36. The van der Waals surface area contributed by atoms with Gasteiger partial charge in [-0.3, -0.25) is 9.59 Å². The van der Waals surface area contributed by atoms with Gasteiger partial charge in [-0.05, 0) is 24.6 Å². The largest absolute Gasteiger partial charge is 0.339 e. The van der Waals surface area contributed by atoms with E-state index < -0.39 is 6.04 Å². The molecule has 128 valence electrons. The zero-order chi connectivity index (χ0) is 16.4. The van der Waals surface area contributed by atoms with E-state index in [2.05, 4.69) is 10.3 Å². The van der Waals surface area contributed by atoms with Crippen LogP contribution in [0.2, 0.25) is 5.02 Å². The zero-order valence-electron chi connectivity index (χ0n) is 12.6. The minimum Gasteiger partial charge on any atom is -0.339 e. The smallest absolute Gasteiger partial charge is 0.271 e. The summed E-state index contributed by atoms with van der Waals surface area (Å²) in [7, 11) is 0. The van der Waals surface area contributed by atoms with Crippen LogP contribution in [0.25, 0.3) is 0 Å². The Kier molecular flexibility index (Phi) is 6.17. The van der Waals surface area contributed by atoms with Crippen molar-refractivity contribution >= 4 is 52.8 Å². The van der Waals surface area contributed by atoms with Crippen LogP contribution in [0.4, 0.5) is 5.69 Å². The minimum absolute atomic E-state index is 0. The average Bonchev–Trinajstić information content (AvgIpc) is 3.15. The fourth-order valence-corrected chi connectivity index (χ4v) is 3.29. The topological polar surface area (TPSA) is 88.3 Å². The second-order valence-electron chi connectivity index (χ2n) is 5.12. The summed E-state index contributed by atoms with van der Waals surface area (Å²) in [5, 5.41) is 5.64. The molecule has 24 heavy (non-hydrogen) atoms. The van der Waals surface area contributed by atoms with Crippen LogP contribution >= 0.6 is 35.3 Å². The third kappa shape index (κ3) is 3.87. The van der Waals surface area contributed by atoms with Gasteiger partial charge < -0.3 is 16.0 Å². The molecule has 0 radical (unpaired) electrons. The summed E-state index contributed by atoms with van der Waals surface area (Å²) in [6, 6.07) is 6.55. The third-order valence-corrected chi connectivity index (χ3v) is 4.70. The molecule has 3 rings (SSSR count). The SMILES string of the molecule is Cl.NCc1nc(C(=O)NC2CCN(c3cccc(Cl)c3)C2=O)cs1. The Morgan fingerprint density at radius 1 is 1.50 bits per heavy atom. The number of amides is 2. The van der Waals surface area contributed by atoms with Crippen LogP contribution in [-0.4, -0.2) is 29.4 Å². The number of anilines is 1. The fourth-order valence-electron chi connectivity index (χ4n) is 2.46. The fraction of sp³-hybridized carbons (Fsp3) is 0.267. The molecule has 2 amide bonds. The summed E-state index contributed by atoms with van der Waals surface area (Å²) < 4.78 is 0. The van der Waals surface area contributed by atoms with Gasteiger partial charge in [0, 0.05) is 29.2 Å². The minimum atomic E-state index is -0.551. The number of carbonyl (C=O) groups is 2. The van der Waals surface area contributed by atoms with E-state index in [4.69, 9.17) is 17.3 Å². The molecule has 6 nitrogen and oxygen atoms in total. The van der Waals surface area contributed by atoms with E-state index in [1.807, 2.05) is 6.07 Å². The van der Waals surface area contributed by atoms with Gasteiger partial charge in [-0.25, -0.2) is 4.98 Å². The third-order valence-electron chi connectivity index (χ3n) is 3.59. The van der Waals surface area contributed by atoms with Gasteiger partial charge in [-0.1, -0.05) is 17.7 Å². The second-order valence-corrected chi connectivity index (χ2v) is 6.49. The van der Waals surface area contributed by atoms with Crippen molar-refractivity contribution in [2.45, 2.75) is 19.0 Å². The van der Waals surface area contributed by atoms with Crippen molar-refractivity contribution in [2.24, 2.45) is 5.73 Å². The Morgan fingerprint density at radius 3 is 2.96 bits per heavy atom. The number of hydrogen-bond donors (Lipinski definition) is 2. The molecule has 1 aromatic carbocycles. The highest BCUT2D eigenvalue weighted by Gasteiger charge is 2.34. The molecule has 1 fully saturated rings. The van der Waals surface area contributed by atoms with Gasteiger partial charge in [0.15, 0.2) is 0 Å². The average molecular weight is 387 g/mol. The Hall–Kier alpha value is -1.67. The zero-order valence-corrected chi connectivity index (χ0v) is 15.0. The van der Waals surface area contributed by atoms with Crippen LogP contribution in [0.5, 0.6) is 0 Å². The van der Waals surface area contributed by atoms with Crippen molar-refractivity contribution in [2.75, 3.05) is 11.4 Å². The number of hydrogen-bond acceptors (Lipinski definition) is 5. The molecule has 1 atom stereocenters. The molecule has 1 aliphatic rings. The maximum absolute atomic E-state index is 12.5. The number of nitrogens with two attached hydrogens (primary N) is 1. The van der Waals surface area contributed by atoms with Crippen molar-refractivity contribution in [1.29, 1.82) is 0 Å². The first-order chi connectivity index (χ1) is 11.1. The summed E-state index contributed by atoms with van der Waals surface area (Å²) in [6.07, 6.45) is 0.547. The van der Waals surface area contributed by atoms with Crippen LogP contribution in [0.3, 0.4) is 0 Å². The number of nitrogens with zero attached hydrogens (tertiary/aromatic N) is 2. The summed E-state index contributed by atoms with van der Waals surface area (Å²) in [5.41, 5.74) is 6.52. The molecule has 2 heterocycles. The van der Waals surface area contributed by atoms with E-state index in [1.54, 1.807) is 28.5 Å². The lowest BCUT2D eigenvalue weighted by atomic mass is 10.2. The molecule has 3 N–H and O–H groups in total. The molecule has 1 saturated heterocycles. The molecule has 0 spiro atoms. The number of carbonyl (C=O) groups excluding carboxylic acids is 2. The summed E-state index contributed by atoms with van der Waals surface area (Å²) in [4.78, 5) is 30.4. The quantitative estimate of drug-likeness (QED) is 0.842. The Bertz CT molecular complexity index is 753. The highest BCUT2D eigenvalue weighted by atomic mass is 35.5. The predicted octanol–water partition coefficient (Wildman–Crippen LogP) is 2.21. The van der Waals surface area contributed by atoms with Gasteiger partial charge in [0.1, 0.15) is 16.7 Å². The van der Waals surface area contributed by atoms with E-state index in [1.165, 1.54) is 11.3 Å². The number of benzene rings is 1. The van der Waals surface area contributed by atoms with Crippen LogP contribution in [0, 0.1) is 0 Å². The van der Waals surface area contributed by atoms with Gasteiger partial charge >= 0.3 is 0 Å². The maximum atomic E-state index is 12.5. The second kappa shape index (κ2) is 7.94. The lowest BCUT2D eigenvalue weighted by molar-refractivity contribution is -0.118. The van der Waals surface area contributed by atoms with Crippen molar-refractivity contribution in [1.82, 2.24) is 10.3 Å². The Labute approximate surface area is 154 Å². The van der Waals surface area contributed by atoms with Crippen LogP contribution in [0.15, 0.2) is 29.6 Å². The van der Waals surface area contributed by atoms with Gasteiger partial charge in [-0.2, -0.15) is 0 Å². The maximum Gasteiger partial charge on any atom is 0.271 e. The van der Waals surface area contributed by atoms with Gasteiger partial charge in [0.25, 0.3) is 5.91 Å². The van der Waals surface area contributed by atoms with Gasteiger partial charge in [-0.15, -0.1) is 23.7 Å². The Balaban J connectivity index is 0.00000208. The monoisotopic (exact) mass is 386 g/mol. The molecular weight excluding hydrogens is 371 g/mol. The molecule has 0 bridgehead atoms. The normalized spacial score (nSPS) is 16.8. The van der Waals surface area contributed by atoms with E-state index in [9.17, 15) is 9.59 Å². The predicted molar refractivity (Wildman–Crippen MR) is 96.9 cm³/mol. The Morgan fingerprint density at radius 2 is 2.29 bits per heavy atom. The molecule has 1 aliphatic heterocycles. The lowest BCUT2D eigenvalue weighted by Crippen LogP contribution is -2.41. The van der Waals surface area contributed by atoms with Crippen molar-refractivity contribution in [3.63, 3.8) is 0 Å². The van der Waals surface area contributed by atoms with Crippen LogP contribution < -0.4 is 16.0 Å². The van der Waals surface area contributed by atoms with Gasteiger partial charge in [0.2, 0.25) is 5.91 Å². The summed E-state index contributed by atoms with van der Waals surface area (Å²) in [6.45, 7) is 0.831. The molecular formula is C15H16Cl2N4O2S. The van der Waals surface area contributed by atoms with E-state index >= 15 is 0 Å². The lowest BCUT2D eigenvalue weighted by Gasteiger charge is -2.17. The highest BCUT2D eigenvalue weighted by molar-refractivity contribution is 7.09. The van der Waals surface area contributed by atoms with E-state index in [-0.39, 0.29) is 24.2 Å². The number of nitrogens with one attached hydrogen (secondary N) is 1. The van der Waals surface area contributed by atoms with E-state index in [0.29, 0.717) is 35.2 Å². The number of aromatic nitrogens is 1. The molecule has 0 saturated carbocycles. The van der Waals surface area contributed by atoms with Crippen molar-refractivity contribution in [3.8, 4) is 0 Å². The number of thiazole rings is 1. The molecule has 9 heteroatoms. The first-order valence-electron chi connectivity index (χ1n) is 7.11. The highest BCUT2D eigenvalue weighted by Crippen LogP contribution is 2.24. The van der Waals surface area contributed by atoms with Crippen molar-refractivity contribution < 1.29 is 9.59 Å². The van der Waals surface area contributed by atoms with Crippen LogP contribution in [-0.2, 0) is 11.3 Å². The molecule has 2 aromatic rings.